The molecule has 0 aromatic heterocycles. The number of likely N-dealkylation sites (tertiary alicyclic amines) is 1. The van der Waals surface area contributed by atoms with Gasteiger partial charge in [-0.1, -0.05) is 12.1 Å². The van der Waals surface area contributed by atoms with Crippen LogP contribution in [-0.2, 0) is 4.74 Å². The van der Waals surface area contributed by atoms with Crippen LogP contribution in [0.2, 0.25) is 0 Å². The van der Waals surface area contributed by atoms with Crippen molar-refractivity contribution < 1.29 is 14.3 Å². The molecule has 1 aliphatic rings. The number of nitrogens with two attached hydrogens (primary N) is 1. The molecule has 0 radical (unpaired) electrons. The van der Waals surface area contributed by atoms with Crippen LogP contribution in [0.4, 0.5) is 10.5 Å². The Morgan fingerprint density at radius 3 is 2.58 bits per heavy atom. The van der Waals surface area contributed by atoms with Crippen molar-refractivity contribution in [2.45, 2.75) is 39.2 Å². The average Bonchev–Trinajstić information content (AvgIpc) is 2.60. The van der Waals surface area contributed by atoms with E-state index in [9.17, 15) is 4.79 Å². The number of ether oxygens (including phenoxy) is 2. The SMILES string of the molecule is CC(C)(C)OC(=O)N1CCC(COc2ccccc2N=C(N)CCl)CC1. The first-order valence-electron chi connectivity index (χ1n) is 8.87. The predicted octanol–water partition coefficient (Wildman–Crippen LogP) is 3.94. The fourth-order valence-corrected chi connectivity index (χ4v) is 2.73. The minimum absolute atomic E-state index is 0.178. The van der Waals surface area contributed by atoms with Gasteiger partial charge in [-0.25, -0.2) is 9.79 Å². The Labute approximate surface area is 160 Å². The molecular formula is C19H28ClN3O3. The minimum Gasteiger partial charge on any atom is -0.491 e. The number of alkyl halides is 1. The summed E-state index contributed by atoms with van der Waals surface area (Å²) in [5, 5.41) is 0. The molecule has 0 bridgehead atoms. The number of hydrogen-bond donors (Lipinski definition) is 1. The maximum Gasteiger partial charge on any atom is 0.410 e. The molecule has 0 unspecified atom stereocenters. The highest BCUT2D eigenvalue weighted by Gasteiger charge is 2.27. The smallest absolute Gasteiger partial charge is 0.410 e. The molecule has 1 saturated heterocycles. The van der Waals surface area contributed by atoms with Gasteiger partial charge in [0.25, 0.3) is 0 Å². The summed E-state index contributed by atoms with van der Waals surface area (Å²) >= 11 is 5.69. The summed E-state index contributed by atoms with van der Waals surface area (Å²) in [5.41, 5.74) is 5.92. The van der Waals surface area contributed by atoms with Gasteiger partial charge in [0.2, 0.25) is 0 Å². The number of hydrogen-bond acceptors (Lipinski definition) is 4. The molecule has 1 heterocycles. The van der Waals surface area contributed by atoms with Crippen molar-refractivity contribution in [3.05, 3.63) is 24.3 Å². The molecule has 0 atom stereocenters. The maximum absolute atomic E-state index is 12.1. The number of nitrogens with zero attached hydrogens (tertiary/aromatic N) is 2. The van der Waals surface area contributed by atoms with E-state index in [1.165, 1.54) is 0 Å². The molecule has 26 heavy (non-hydrogen) atoms. The molecule has 0 saturated carbocycles. The van der Waals surface area contributed by atoms with Crippen LogP contribution in [0.1, 0.15) is 33.6 Å². The second kappa shape index (κ2) is 9.12. The standard InChI is InChI=1S/C19H28ClN3O3/c1-19(2,3)26-18(24)23-10-8-14(9-11-23)13-25-16-7-5-4-6-15(16)22-17(21)12-20/h4-7,14H,8-13H2,1-3H3,(H2,21,22). The summed E-state index contributed by atoms with van der Waals surface area (Å²) in [6, 6.07) is 7.50. The first-order chi connectivity index (χ1) is 12.3. The lowest BCUT2D eigenvalue weighted by molar-refractivity contribution is 0.0165. The molecule has 1 fully saturated rings. The zero-order chi connectivity index (χ0) is 19.2. The monoisotopic (exact) mass is 381 g/mol. The van der Waals surface area contributed by atoms with Crippen molar-refractivity contribution in [2.24, 2.45) is 16.6 Å². The van der Waals surface area contributed by atoms with Gasteiger partial charge in [-0.05, 0) is 51.7 Å². The van der Waals surface area contributed by atoms with Gasteiger partial charge in [-0.2, -0.15) is 0 Å². The third kappa shape index (κ3) is 6.41. The van der Waals surface area contributed by atoms with E-state index in [4.69, 9.17) is 26.8 Å². The number of piperidine rings is 1. The summed E-state index contributed by atoms with van der Waals surface area (Å²) in [6.07, 6.45) is 1.52. The molecule has 6 nitrogen and oxygen atoms in total. The number of carbonyl (C=O) groups excluding carboxylic acids is 1. The molecule has 1 aromatic rings. The Balaban J connectivity index is 1.85. The third-order valence-corrected chi connectivity index (χ3v) is 4.28. The lowest BCUT2D eigenvalue weighted by Gasteiger charge is -2.33. The van der Waals surface area contributed by atoms with E-state index < -0.39 is 5.60 Å². The van der Waals surface area contributed by atoms with Crippen molar-refractivity contribution >= 4 is 29.2 Å². The summed E-state index contributed by atoms with van der Waals surface area (Å²) in [6.45, 7) is 7.58. The largest absolute Gasteiger partial charge is 0.491 e. The highest BCUT2D eigenvalue weighted by Crippen LogP contribution is 2.28. The fraction of sp³-hybridized carbons (Fsp3) is 0.579. The highest BCUT2D eigenvalue weighted by molar-refractivity contribution is 6.28. The van der Waals surface area contributed by atoms with Crippen LogP contribution in [0.3, 0.4) is 0 Å². The van der Waals surface area contributed by atoms with E-state index in [1.54, 1.807) is 4.90 Å². The molecule has 2 N–H and O–H groups in total. The number of rotatable bonds is 5. The Morgan fingerprint density at radius 2 is 1.96 bits per heavy atom. The zero-order valence-electron chi connectivity index (χ0n) is 15.7. The highest BCUT2D eigenvalue weighted by atomic mass is 35.5. The summed E-state index contributed by atoms with van der Waals surface area (Å²) in [7, 11) is 0. The van der Waals surface area contributed by atoms with Gasteiger partial charge in [0.1, 0.15) is 22.9 Å². The Hall–Kier alpha value is -1.95. The van der Waals surface area contributed by atoms with E-state index in [1.807, 2.05) is 45.0 Å². The maximum atomic E-state index is 12.1. The van der Waals surface area contributed by atoms with Gasteiger partial charge in [-0.3, -0.25) is 0 Å². The van der Waals surface area contributed by atoms with Crippen molar-refractivity contribution in [3.63, 3.8) is 0 Å². The van der Waals surface area contributed by atoms with Crippen LogP contribution in [0, 0.1) is 5.92 Å². The van der Waals surface area contributed by atoms with Crippen molar-refractivity contribution in [1.82, 2.24) is 4.90 Å². The van der Waals surface area contributed by atoms with Crippen LogP contribution in [-0.4, -0.2) is 48.0 Å². The summed E-state index contributed by atoms with van der Waals surface area (Å²) in [5.74, 6) is 1.61. The van der Waals surface area contributed by atoms with E-state index in [2.05, 4.69) is 4.99 Å². The number of aliphatic imine (C=N–C) groups is 1. The van der Waals surface area contributed by atoms with Crippen LogP contribution in [0.5, 0.6) is 5.75 Å². The third-order valence-electron chi connectivity index (χ3n) is 4.01. The van der Waals surface area contributed by atoms with Crippen LogP contribution in [0.25, 0.3) is 0 Å². The second-order valence-electron chi connectivity index (χ2n) is 7.43. The van der Waals surface area contributed by atoms with E-state index >= 15 is 0 Å². The normalized spacial score (nSPS) is 16.5. The molecule has 1 aliphatic heterocycles. The minimum atomic E-state index is -0.466. The van der Waals surface area contributed by atoms with E-state index in [-0.39, 0.29) is 12.0 Å². The van der Waals surface area contributed by atoms with Gasteiger partial charge in [-0.15, -0.1) is 11.6 Å². The Morgan fingerprint density at radius 1 is 1.31 bits per heavy atom. The topological polar surface area (TPSA) is 77.1 Å². The van der Waals surface area contributed by atoms with Gasteiger partial charge < -0.3 is 20.1 Å². The number of amides is 1. The number of carbonyl (C=O) groups is 1. The number of benzene rings is 1. The van der Waals surface area contributed by atoms with Gasteiger partial charge in [0, 0.05) is 13.1 Å². The molecule has 7 heteroatoms. The molecular weight excluding hydrogens is 354 g/mol. The average molecular weight is 382 g/mol. The van der Waals surface area contributed by atoms with Crippen LogP contribution in [0.15, 0.2) is 29.3 Å². The molecule has 1 aromatic carbocycles. The van der Waals surface area contributed by atoms with Gasteiger partial charge in [0.05, 0.1) is 12.5 Å². The molecule has 1 amide bonds. The quantitative estimate of drug-likeness (QED) is 0.476. The van der Waals surface area contributed by atoms with E-state index in [0.717, 1.165) is 12.8 Å². The first kappa shape index (κ1) is 20.4. The second-order valence-corrected chi connectivity index (χ2v) is 7.69. The Kier molecular flexibility index (Phi) is 7.14. The molecule has 144 valence electrons. The Bertz CT molecular complexity index is 635. The summed E-state index contributed by atoms with van der Waals surface area (Å²) in [4.78, 5) is 18.2. The van der Waals surface area contributed by atoms with Crippen molar-refractivity contribution in [1.29, 1.82) is 0 Å². The van der Waals surface area contributed by atoms with Gasteiger partial charge in [0.15, 0.2) is 0 Å². The first-order valence-corrected chi connectivity index (χ1v) is 9.40. The van der Waals surface area contributed by atoms with Crippen LogP contribution < -0.4 is 10.5 Å². The lowest BCUT2D eigenvalue weighted by atomic mass is 9.98. The van der Waals surface area contributed by atoms with Gasteiger partial charge >= 0.3 is 6.09 Å². The summed E-state index contributed by atoms with van der Waals surface area (Å²) < 4.78 is 11.4. The molecule has 0 aliphatic carbocycles. The van der Waals surface area contributed by atoms with Crippen molar-refractivity contribution in [2.75, 3.05) is 25.6 Å². The van der Waals surface area contributed by atoms with Crippen LogP contribution >= 0.6 is 11.6 Å². The van der Waals surface area contributed by atoms with Crippen molar-refractivity contribution in [3.8, 4) is 5.75 Å². The fourth-order valence-electron chi connectivity index (χ4n) is 2.67. The molecule has 2 rings (SSSR count). The number of halogens is 1. The predicted molar refractivity (Wildman–Crippen MR) is 104 cm³/mol. The lowest BCUT2D eigenvalue weighted by Crippen LogP contribution is -2.42. The zero-order valence-corrected chi connectivity index (χ0v) is 16.5. The molecule has 0 spiro atoms. The number of amidine groups is 1. The van der Waals surface area contributed by atoms with E-state index in [0.29, 0.717) is 42.9 Å². The number of para-hydroxylation sites is 2.